The Labute approximate surface area is 49.4 Å². The van der Waals surface area contributed by atoms with Gasteiger partial charge in [0.1, 0.15) is 0 Å². The maximum atomic E-state index is 4.72. The van der Waals surface area contributed by atoms with Gasteiger partial charge in [0.05, 0.1) is 0 Å². The first-order valence-corrected chi connectivity index (χ1v) is 1.00. The number of hydrogen-bond donors (Lipinski definition) is 2. The van der Waals surface area contributed by atoms with Gasteiger partial charge in [-0.2, -0.15) is 0 Å². The zero-order valence-electron chi connectivity index (χ0n) is 3.13. The van der Waals surface area contributed by atoms with Gasteiger partial charge < -0.3 is 11.5 Å². The third-order valence-electron chi connectivity index (χ3n) is 0.111. The van der Waals surface area contributed by atoms with Crippen LogP contribution in [0.1, 0.15) is 0 Å². The maximum absolute atomic E-state index is 4.72. The van der Waals surface area contributed by atoms with Gasteiger partial charge >= 0.3 is 0 Å². The van der Waals surface area contributed by atoms with Crippen molar-refractivity contribution in [3.05, 3.63) is 12.4 Å². The number of hydrogen-bond acceptors (Lipinski definition) is 2. The molecule has 0 saturated heterocycles. The lowest BCUT2D eigenvalue weighted by atomic mass is 11.0. The molecule has 0 unspecified atom stereocenters. The Morgan fingerprint density at radius 3 is 1.00 bits per heavy atom. The van der Waals surface area contributed by atoms with E-state index in [1.807, 2.05) is 0 Å². The van der Waals surface area contributed by atoms with Gasteiger partial charge in [0.2, 0.25) is 0 Å². The van der Waals surface area contributed by atoms with Crippen LogP contribution in [0.2, 0.25) is 0 Å². The van der Waals surface area contributed by atoms with Crippen LogP contribution >= 0.6 is 24.8 Å². The lowest BCUT2D eigenvalue weighted by Gasteiger charge is -1.56. The van der Waals surface area contributed by atoms with Crippen LogP contribution in [0.25, 0.3) is 0 Å². The van der Waals surface area contributed by atoms with E-state index in [-0.39, 0.29) is 24.8 Å². The normalized spacial score (nSPS) is 6.00. The van der Waals surface area contributed by atoms with Gasteiger partial charge in [-0.1, -0.05) is 0 Å². The molecule has 0 heterocycles. The van der Waals surface area contributed by atoms with Crippen molar-refractivity contribution < 1.29 is 0 Å². The molecule has 0 rings (SSSR count). The summed E-state index contributed by atoms with van der Waals surface area (Å²) in [5.41, 5.74) is 9.44. The van der Waals surface area contributed by atoms with Gasteiger partial charge in [-0.3, -0.25) is 0 Å². The van der Waals surface area contributed by atoms with Crippen LogP contribution in [0.4, 0.5) is 0 Å². The van der Waals surface area contributed by atoms with E-state index in [0.29, 0.717) is 0 Å². The van der Waals surface area contributed by atoms with Crippen molar-refractivity contribution >= 4 is 24.8 Å². The largest absolute Gasteiger partial charge is 0.403 e. The molecule has 0 radical (unpaired) electrons. The predicted molar refractivity (Wildman–Crippen MR) is 32.0 cm³/mol. The molecule has 0 aliphatic rings. The van der Waals surface area contributed by atoms with Crippen molar-refractivity contribution in [3.63, 3.8) is 0 Å². The summed E-state index contributed by atoms with van der Waals surface area (Å²) in [6.45, 7) is 0. The molecular formula is C2H8Cl2N2. The minimum Gasteiger partial charge on any atom is -0.403 e. The number of nitrogens with two attached hydrogens (primary N) is 2. The molecule has 0 aromatic rings. The number of rotatable bonds is 0. The van der Waals surface area contributed by atoms with E-state index in [1.165, 1.54) is 12.4 Å². The van der Waals surface area contributed by atoms with Crippen molar-refractivity contribution in [1.82, 2.24) is 0 Å². The minimum atomic E-state index is 0. The van der Waals surface area contributed by atoms with Crippen LogP contribution in [0.5, 0.6) is 0 Å². The summed E-state index contributed by atoms with van der Waals surface area (Å²) >= 11 is 0. The molecule has 0 aromatic heterocycles. The Kier molecular flexibility index (Phi) is 57.4. The average molecular weight is 131 g/mol. The molecule has 0 aromatic carbocycles. The monoisotopic (exact) mass is 130 g/mol. The van der Waals surface area contributed by atoms with Crippen molar-refractivity contribution in [2.75, 3.05) is 0 Å². The predicted octanol–water partition coefficient (Wildman–Crippen LogP) is 0.219. The third-order valence-corrected chi connectivity index (χ3v) is 0.111. The molecule has 0 bridgehead atoms. The van der Waals surface area contributed by atoms with E-state index in [4.69, 9.17) is 11.5 Å². The standard InChI is InChI=1S/C2H6N2.2ClH/c3-1-2-4;;/h1-2H,3-4H2;2*1H. The molecule has 6 heavy (non-hydrogen) atoms. The van der Waals surface area contributed by atoms with Crippen molar-refractivity contribution in [2.45, 2.75) is 0 Å². The van der Waals surface area contributed by atoms with E-state index in [2.05, 4.69) is 0 Å². The SMILES string of the molecule is Cl.Cl.NC=CN. The van der Waals surface area contributed by atoms with Gasteiger partial charge in [0.25, 0.3) is 0 Å². The first-order chi connectivity index (χ1) is 1.91. The quantitative estimate of drug-likeness (QED) is 0.494. The summed E-state index contributed by atoms with van der Waals surface area (Å²) in [4.78, 5) is 0. The second kappa shape index (κ2) is 20.5. The molecule has 4 heteroatoms. The molecule has 0 saturated carbocycles. The summed E-state index contributed by atoms with van der Waals surface area (Å²) in [6, 6.07) is 0. The topological polar surface area (TPSA) is 52.0 Å². The van der Waals surface area contributed by atoms with Gasteiger partial charge in [-0.25, -0.2) is 0 Å². The van der Waals surface area contributed by atoms with Gasteiger partial charge in [-0.15, -0.1) is 24.8 Å². The number of halogens is 2. The van der Waals surface area contributed by atoms with E-state index >= 15 is 0 Å². The van der Waals surface area contributed by atoms with Crippen LogP contribution in [-0.4, -0.2) is 0 Å². The molecule has 40 valence electrons. The molecule has 2 nitrogen and oxygen atoms in total. The second-order valence-electron chi connectivity index (χ2n) is 0.385. The summed E-state index contributed by atoms with van der Waals surface area (Å²) in [6.07, 6.45) is 2.56. The molecule has 0 atom stereocenters. The van der Waals surface area contributed by atoms with E-state index in [1.54, 1.807) is 0 Å². The van der Waals surface area contributed by atoms with Gasteiger partial charge in [0.15, 0.2) is 0 Å². The van der Waals surface area contributed by atoms with Crippen molar-refractivity contribution in [1.29, 1.82) is 0 Å². The van der Waals surface area contributed by atoms with Crippen LogP contribution in [-0.2, 0) is 0 Å². The Balaban J connectivity index is -0.0000000450. The van der Waals surface area contributed by atoms with Gasteiger partial charge in [-0.05, 0) is 0 Å². The van der Waals surface area contributed by atoms with E-state index in [9.17, 15) is 0 Å². The summed E-state index contributed by atoms with van der Waals surface area (Å²) in [7, 11) is 0. The minimum absolute atomic E-state index is 0. The highest BCUT2D eigenvalue weighted by Gasteiger charge is 1.30. The highest BCUT2D eigenvalue weighted by Crippen LogP contribution is 1.30. The Morgan fingerprint density at radius 2 is 1.00 bits per heavy atom. The molecule has 0 fully saturated rings. The lowest BCUT2D eigenvalue weighted by Crippen LogP contribution is -1.81. The molecular weight excluding hydrogens is 123 g/mol. The fraction of sp³-hybridized carbons (Fsp3) is 0. The maximum Gasteiger partial charge on any atom is 0.00957 e. The third kappa shape index (κ3) is 39.5. The summed E-state index contributed by atoms with van der Waals surface area (Å²) in [5, 5.41) is 0. The van der Waals surface area contributed by atoms with Crippen LogP contribution in [0.3, 0.4) is 0 Å². The summed E-state index contributed by atoms with van der Waals surface area (Å²) < 4.78 is 0. The van der Waals surface area contributed by atoms with Crippen LogP contribution < -0.4 is 11.5 Å². The Hall–Kier alpha value is -0.0800. The highest BCUT2D eigenvalue weighted by atomic mass is 35.5. The lowest BCUT2D eigenvalue weighted by molar-refractivity contribution is 1.50. The fourth-order valence-corrected chi connectivity index (χ4v) is 0. The summed E-state index contributed by atoms with van der Waals surface area (Å²) in [5.74, 6) is 0. The van der Waals surface area contributed by atoms with E-state index in [0.717, 1.165) is 0 Å². The Bertz CT molecular complexity index is 24.7. The second-order valence-corrected chi connectivity index (χ2v) is 0.385. The highest BCUT2D eigenvalue weighted by molar-refractivity contribution is 5.85. The van der Waals surface area contributed by atoms with Crippen molar-refractivity contribution in [3.8, 4) is 0 Å². The molecule has 0 aliphatic heterocycles. The molecule has 4 N–H and O–H groups in total. The first kappa shape index (κ1) is 16.8. The molecule has 0 amide bonds. The van der Waals surface area contributed by atoms with Gasteiger partial charge in [0, 0.05) is 12.4 Å². The van der Waals surface area contributed by atoms with Crippen LogP contribution in [0, 0.1) is 0 Å². The average Bonchev–Trinajstić information content (AvgIpc) is 1.37. The fourth-order valence-electron chi connectivity index (χ4n) is 0. The van der Waals surface area contributed by atoms with Crippen molar-refractivity contribution in [2.24, 2.45) is 11.5 Å². The van der Waals surface area contributed by atoms with E-state index < -0.39 is 0 Å². The zero-order valence-corrected chi connectivity index (χ0v) is 4.76. The first-order valence-electron chi connectivity index (χ1n) is 1.00. The van der Waals surface area contributed by atoms with Crippen LogP contribution in [0.15, 0.2) is 12.4 Å². The Morgan fingerprint density at radius 1 is 0.833 bits per heavy atom. The smallest absolute Gasteiger partial charge is 0.00957 e. The zero-order chi connectivity index (χ0) is 3.41. The molecule has 0 spiro atoms. The molecule has 0 aliphatic carbocycles.